The third kappa shape index (κ3) is 9.71. The van der Waals surface area contributed by atoms with Gasteiger partial charge in [0.05, 0.1) is 41.2 Å². The summed E-state index contributed by atoms with van der Waals surface area (Å²) in [6.45, 7) is 6.34. The number of thiophene rings is 1. The molecule has 2 aromatic heterocycles. The van der Waals surface area contributed by atoms with Gasteiger partial charge in [-0.1, -0.05) is 56.4 Å². The van der Waals surface area contributed by atoms with E-state index in [1.807, 2.05) is 33.9 Å². The van der Waals surface area contributed by atoms with Crippen molar-refractivity contribution in [2.75, 3.05) is 56.7 Å². The van der Waals surface area contributed by atoms with E-state index in [2.05, 4.69) is 10.6 Å². The normalized spacial score (nSPS) is 19.6. The summed E-state index contributed by atoms with van der Waals surface area (Å²) in [5.74, 6) is -2.64. The molecule has 4 aliphatic rings. The van der Waals surface area contributed by atoms with Gasteiger partial charge in [-0.05, 0) is 43.3 Å². The predicted octanol–water partition coefficient (Wildman–Crippen LogP) is 5.52. The fourth-order valence-electron chi connectivity index (χ4n) is 7.87. The number of esters is 3. The Labute approximate surface area is 359 Å². The molecule has 60 heavy (non-hydrogen) atoms. The Morgan fingerprint density at radius 3 is 2.27 bits per heavy atom. The van der Waals surface area contributed by atoms with Gasteiger partial charge in [-0.2, -0.15) is 0 Å². The van der Waals surface area contributed by atoms with Crippen LogP contribution in [-0.4, -0.2) is 102 Å². The summed E-state index contributed by atoms with van der Waals surface area (Å²) in [5, 5.41) is 8.24. The second-order valence-electron chi connectivity index (χ2n) is 15.2. The van der Waals surface area contributed by atoms with Gasteiger partial charge in [0.25, 0.3) is 5.91 Å². The van der Waals surface area contributed by atoms with E-state index in [9.17, 15) is 28.8 Å². The fraction of sp³-hybridized carbons (Fsp3) is 0.524. The molecule has 0 radical (unpaired) electrons. The van der Waals surface area contributed by atoms with E-state index in [4.69, 9.17) is 14.2 Å². The molecule has 3 atom stereocenters. The van der Waals surface area contributed by atoms with Crippen LogP contribution in [0.5, 0.6) is 0 Å². The highest BCUT2D eigenvalue weighted by Gasteiger charge is 2.54. The third-order valence-corrected chi connectivity index (χ3v) is 14.4. The summed E-state index contributed by atoms with van der Waals surface area (Å²) < 4.78 is 33.6. The number of amides is 2. The molecular weight excluding hydrogens is 834 g/mol. The van der Waals surface area contributed by atoms with Gasteiger partial charge in [0.2, 0.25) is 11.3 Å². The first kappa shape index (κ1) is 43.7. The Bertz CT molecular complexity index is 2210. The average Bonchev–Trinajstić information content (AvgIpc) is 3.75. The lowest BCUT2D eigenvalue weighted by atomic mass is 10.0. The molecule has 322 valence electrons. The number of anilines is 1. The van der Waals surface area contributed by atoms with Gasteiger partial charge in [-0.15, -0.1) is 23.1 Å². The predicted molar refractivity (Wildman–Crippen MR) is 229 cm³/mol. The smallest absolute Gasteiger partial charge is 0.355 e. The summed E-state index contributed by atoms with van der Waals surface area (Å²) in [5.41, 5.74) is 1.14. The zero-order chi connectivity index (χ0) is 42.3. The van der Waals surface area contributed by atoms with Gasteiger partial charge < -0.3 is 34.3 Å². The van der Waals surface area contributed by atoms with Gasteiger partial charge in [0.15, 0.2) is 0 Å². The molecule has 0 spiro atoms. The number of hydrogen-bond donors (Lipinski definition) is 2. The molecule has 6 heterocycles. The van der Waals surface area contributed by atoms with Crippen molar-refractivity contribution < 1.29 is 42.6 Å². The standard InChI is InChI=1S/C42H50FN5O9S3/c1-25-47-31-22-32(46-15-13-44-14-16-46)30(43)21-29(31)37(51)34(39(47)60-25)41(53)55-17-9-7-5-3-4-6-8-10-18-56-42(54)36-27(23-57-26(2)49)24-59-40-35(38(52)48(36)40)45-33(50)20-28-12-11-19-58-28/h11-12,19,21-22,25,35,40,44H,3-10,13-18,20,23-24H2,1-2H3,(H,45,50)/t25?,35-,40-/m0/s1. The Kier molecular flexibility index (Phi) is 14.6. The van der Waals surface area contributed by atoms with Crippen molar-refractivity contribution in [2.24, 2.45) is 0 Å². The summed E-state index contributed by atoms with van der Waals surface area (Å²) >= 11 is 4.29. The summed E-state index contributed by atoms with van der Waals surface area (Å²) in [6, 6.07) is 5.95. The van der Waals surface area contributed by atoms with Crippen LogP contribution in [0.4, 0.5) is 10.1 Å². The average molecular weight is 884 g/mol. The van der Waals surface area contributed by atoms with Crippen molar-refractivity contribution in [3.8, 4) is 0 Å². The molecule has 1 unspecified atom stereocenters. The SMILES string of the molecule is CC(=O)OCC1=C(C(=O)OCCCCCCCCCCOC(=O)c2c3n(c4cc(N5CCNCC5)c(F)cc4c2=O)C(C)S3)N2C(=O)[C@H](NC(=O)Cc3cccs3)[C@@H]2SC1. The van der Waals surface area contributed by atoms with Crippen LogP contribution in [0.15, 0.2) is 50.7 Å². The number of fused-ring (bicyclic) bond motifs is 4. The van der Waals surface area contributed by atoms with Crippen LogP contribution in [0.3, 0.4) is 0 Å². The molecule has 18 heteroatoms. The number of nitrogens with zero attached hydrogens (tertiary/aromatic N) is 3. The van der Waals surface area contributed by atoms with Crippen molar-refractivity contribution >= 4 is 81.2 Å². The first-order chi connectivity index (χ1) is 29.0. The Hall–Kier alpha value is -4.39. The van der Waals surface area contributed by atoms with Crippen LogP contribution in [0.25, 0.3) is 10.9 Å². The van der Waals surface area contributed by atoms with E-state index >= 15 is 4.39 Å². The maximum absolute atomic E-state index is 15.3. The Morgan fingerprint density at radius 2 is 1.62 bits per heavy atom. The molecule has 4 aliphatic heterocycles. The molecule has 1 aromatic carbocycles. The molecule has 0 bridgehead atoms. The lowest BCUT2D eigenvalue weighted by Crippen LogP contribution is -2.70. The number of pyridine rings is 1. The van der Waals surface area contributed by atoms with E-state index in [-0.39, 0.29) is 54.2 Å². The summed E-state index contributed by atoms with van der Waals surface area (Å²) in [4.78, 5) is 81.6. The molecule has 2 saturated heterocycles. The number of nitrogens with one attached hydrogen (secondary N) is 2. The number of halogens is 1. The summed E-state index contributed by atoms with van der Waals surface area (Å²) in [7, 11) is 0. The number of piperazine rings is 1. The number of rotatable bonds is 19. The number of carbonyl (C=O) groups excluding carboxylic acids is 5. The van der Waals surface area contributed by atoms with Gasteiger partial charge in [0.1, 0.15) is 35.1 Å². The molecule has 2 amide bonds. The summed E-state index contributed by atoms with van der Waals surface area (Å²) in [6.07, 6.45) is 7.00. The van der Waals surface area contributed by atoms with E-state index < -0.39 is 46.5 Å². The van der Waals surface area contributed by atoms with Crippen molar-refractivity contribution in [1.82, 2.24) is 20.1 Å². The van der Waals surface area contributed by atoms with Crippen molar-refractivity contribution in [1.29, 1.82) is 0 Å². The topological polar surface area (TPSA) is 166 Å². The Balaban J connectivity index is 0.803. The van der Waals surface area contributed by atoms with Crippen molar-refractivity contribution in [2.45, 2.75) is 93.5 Å². The highest BCUT2D eigenvalue weighted by molar-refractivity contribution is 8.00. The van der Waals surface area contributed by atoms with Crippen LogP contribution in [-0.2, 0) is 39.8 Å². The zero-order valence-corrected chi connectivity index (χ0v) is 36.2. The number of ether oxygens (including phenoxy) is 3. The van der Waals surface area contributed by atoms with E-state index in [0.29, 0.717) is 53.5 Å². The molecule has 0 aliphatic carbocycles. The maximum Gasteiger partial charge on any atom is 0.355 e. The molecule has 3 aromatic rings. The Morgan fingerprint density at radius 1 is 0.933 bits per heavy atom. The number of thioether (sulfide) groups is 2. The molecular formula is C42H50FN5O9S3. The largest absolute Gasteiger partial charge is 0.462 e. The van der Waals surface area contributed by atoms with Gasteiger partial charge >= 0.3 is 17.9 Å². The van der Waals surface area contributed by atoms with Crippen molar-refractivity contribution in [3.05, 3.63) is 67.4 Å². The lowest BCUT2D eigenvalue weighted by molar-refractivity contribution is -0.153. The highest BCUT2D eigenvalue weighted by Crippen LogP contribution is 2.47. The zero-order valence-electron chi connectivity index (χ0n) is 33.8. The number of unbranched alkanes of at least 4 members (excludes halogenated alkanes) is 7. The molecule has 2 fully saturated rings. The quantitative estimate of drug-likeness (QED) is 0.0671. The fourth-order valence-corrected chi connectivity index (χ4v) is 11.0. The van der Waals surface area contributed by atoms with Crippen LogP contribution in [0, 0.1) is 5.82 Å². The maximum atomic E-state index is 15.3. The highest BCUT2D eigenvalue weighted by atomic mass is 32.2. The third-order valence-electron chi connectivity index (χ3n) is 11.0. The monoisotopic (exact) mass is 883 g/mol. The second kappa shape index (κ2) is 20.0. The van der Waals surface area contributed by atoms with E-state index in [0.717, 1.165) is 56.5 Å². The lowest BCUT2D eigenvalue weighted by Gasteiger charge is -2.49. The number of aromatic nitrogens is 1. The molecule has 7 rings (SSSR count). The van der Waals surface area contributed by atoms with Crippen LogP contribution in [0.2, 0.25) is 0 Å². The van der Waals surface area contributed by atoms with Crippen LogP contribution >= 0.6 is 34.9 Å². The number of hydrogen-bond acceptors (Lipinski definition) is 14. The van der Waals surface area contributed by atoms with Gasteiger partial charge in [-0.25, -0.2) is 14.0 Å². The van der Waals surface area contributed by atoms with E-state index in [1.165, 1.54) is 52.8 Å². The second-order valence-corrected chi connectivity index (χ2v) is 18.6. The van der Waals surface area contributed by atoms with Crippen LogP contribution < -0.4 is 21.0 Å². The molecule has 2 N–H and O–H groups in total. The molecule has 0 saturated carbocycles. The minimum absolute atomic E-state index is 0.00373. The first-order valence-electron chi connectivity index (χ1n) is 20.5. The van der Waals surface area contributed by atoms with Crippen LogP contribution in [0.1, 0.15) is 85.8 Å². The molecule has 14 nitrogen and oxygen atoms in total. The number of β-lactam (4-membered cyclic amide) rings is 1. The first-order valence-corrected chi connectivity index (χ1v) is 23.3. The minimum Gasteiger partial charge on any atom is -0.462 e. The van der Waals surface area contributed by atoms with Gasteiger partial charge in [0, 0.05) is 54.7 Å². The van der Waals surface area contributed by atoms with E-state index in [1.54, 1.807) is 6.07 Å². The number of benzene rings is 1. The number of carbonyl (C=O) groups is 5. The van der Waals surface area contributed by atoms with Crippen molar-refractivity contribution in [3.63, 3.8) is 0 Å². The van der Waals surface area contributed by atoms with Gasteiger partial charge in [-0.3, -0.25) is 24.1 Å². The minimum atomic E-state index is -0.763.